The van der Waals surface area contributed by atoms with Gasteiger partial charge in [-0.15, -0.1) is 0 Å². The number of carbonyl (C=O) groups excluding carboxylic acids is 4. The summed E-state index contributed by atoms with van der Waals surface area (Å²) in [6, 6.07) is 7.56. The molecule has 1 aliphatic rings. The van der Waals surface area contributed by atoms with Crippen molar-refractivity contribution in [3.8, 4) is 0 Å². The van der Waals surface area contributed by atoms with E-state index in [0.717, 1.165) is 12.2 Å². The Morgan fingerprint density at radius 1 is 1.12 bits per heavy atom. The molecule has 0 bridgehead atoms. The van der Waals surface area contributed by atoms with Crippen molar-refractivity contribution in [3.63, 3.8) is 0 Å². The van der Waals surface area contributed by atoms with E-state index in [2.05, 4.69) is 4.74 Å². The predicted octanol–water partition coefficient (Wildman–Crippen LogP) is 0.0274. The van der Waals surface area contributed by atoms with Crippen molar-refractivity contribution in [2.24, 2.45) is 5.73 Å². The molecule has 1 fully saturated rings. The standard InChI is InChI=1S/C17H18N2O6/c1-24-14(20)7-8-15(21)25-12-9-13(16(18)22)19(10-12)17(23)11-5-3-2-4-6-11/h2-8,12-13H,9-10H2,1H3,(H2,18,22)/b8-7+/t12-,13+/m1/s1. The second-order valence-electron chi connectivity index (χ2n) is 5.39. The van der Waals surface area contributed by atoms with Crippen molar-refractivity contribution in [2.75, 3.05) is 13.7 Å². The molecule has 0 radical (unpaired) electrons. The molecular formula is C17H18N2O6. The lowest BCUT2D eigenvalue weighted by Crippen LogP contribution is -2.43. The van der Waals surface area contributed by atoms with Crippen LogP contribution in [-0.2, 0) is 23.9 Å². The van der Waals surface area contributed by atoms with Gasteiger partial charge >= 0.3 is 11.9 Å². The molecule has 25 heavy (non-hydrogen) atoms. The average molecular weight is 346 g/mol. The molecule has 0 unspecified atom stereocenters. The normalized spacial score (nSPS) is 19.6. The van der Waals surface area contributed by atoms with Gasteiger partial charge in [-0.2, -0.15) is 0 Å². The topological polar surface area (TPSA) is 116 Å². The van der Waals surface area contributed by atoms with E-state index < -0.39 is 30.0 Å². The largest absolute Gasteiger partial charge is 0.466 e. The molecule has 0 aliphatic carbocycles. The fourth-order valence-electron chi connectivity index (χ4n) is 2.53. The van der Waals surface area contributed by atoms with E-state index in [1.54, 1.807) is 30.3 Å². The molecule has 8 heteroatoms. The number of methoxy groups -OCH3 is 1. The summed E-state index contributed by atoms with van der Waals surface area (Å²) < 4.78 is 9.54. The minimum atomic E-state index is -0.866. The van der Waals surface area contributed by atoms with Gasteiger partial charge in [-0.1, -0.05) is 18.2 Å². The van der Waals surface area contributed by atoms with Crippen LogP contribution in [0.25, 0.3) is 0 Å². The van der Waals surface area contributed by atoms with E-state index >= 15 is 0 Å². The number of ether oxygens (including phenoxy) is 2. The molecule has 0 aromatic heterocycles. The molecule has 1 heterocycles. The van der Waals surface area contributed by atoms with E-state index in [4.69, 9.17) is 10.5 Å². The van der Waals surface area contributed by atoms with Crippen LogP contribution < -0.4 is 5.73 Å². The summed E-state index contributed by atoms with van der Waals surface area (Å²) in [6.45, 7) is 0.0408. The van der Waals surface area contributed by atoms with E-state index in [1.165, 1.54) is 12.0 Å². The van der Waals surface area contributed by atoms with Crippen LogP contribution in [-0.4, -0.2) is 54.5 Å². The van der Waals surface area contributed by atoms with Crippen molar-refractivity contribution in [2.45, 2.75) is 18.6 Å². The summed E-state index contributed by atoms with van der Waals surface area (Å²) in [7, 11) is 1.18. The number of likely N-dealkylation sites (tertiary alicyclic amines) is 1. The predicted molar refractivity (Wildman–Crippen MR) is 86.1 cm³/mol. The highest BCUT2D eigenvalue weighted by Crippen LogP contribution is 2.23. The molecule has 1 saturated heterocycles. The first-order valence-electron chi connectivity index (χ1n) is 7.54. The maximum absolute atomic E-state index is 12.5. The number of amides is 2. The third kappa shape index (κ3) is 4.66. The minimum absolute atomic E-state index is 0.0408. The van der Waals surface area contributed by atoms with E-state index in [9.17, 15) is 19.2 Å². The van der Waals surface area contributed by atoms with Crippen molar-refractivity contribution in [1.82, 2.24) is 4.90 Å². The molecule has 0 saturated carbocycles. The quantitative estimate of drug-likeness (QED) is 0.594. The summed E-state index contributed by atoms with van der Waals surface area (Å²) in [4.78, 5) is 48.2. The van der Waals surface area contributed by atoms with Crippen LogP contribution in [0.5, 0.6) is 0 Å². The average Bonchev–Trinajstić information content (AvgIpc) is 3.03. The summed E-state index contributed by atoms with van der Waals surface area (Å²) in [5.41, 5.74) is 5.77. The van der Waals surface area contributed by atoms with Gasteiger partial charge in [0.2, 0.25) is 5.91 Å². The highest BCUT2D eigenvalue weighted by molar-refractivity contribution is 5.98. The SMILES string of the molecule is COC(=O)/C=C/C(=O)O[C@@H]1C[C@@H](C(N)=O)N(C(=O)c2ccccc2)C1. The number of esters is 2. The van der Waals surface area contributed by atoms with Crippen LogP contribution in [0.1, 0.15) is 16.8 Å². The van der Waals surface area contributed by atoms with Crippen LogP contribution in [0, 0.1) is 0 Å². The Hall–Kier alpha value is -3.16. The fourth-order valence-corrected chi connectivity index (χ4v) is 2.53. The lowest BCUT2D eigenvalue weighted by Gasteiger charge is -2.21. The minimum Gasteiger partial charge on any atom is -0.466 e. The number of nitrogens with zero attached hydrogens (tertiary/aromatic N) is 1. The summed E-state index contributed by atoms with van der Waals surface area (Å²) in [5, 5.41) is 0. The Labute approximate surface area is 144 Å². The van der Waals surface area contributed by atoms with Crippen molar-refractivity contribution in [1.29, 1.82) is 0 Å². The Morgan fingerprint density at radius 2 is 1.76 bits per heavy atom. The Balaban J connectivity index is 2.06. The fraction of sp³-hybridized carbons (Fsp3) is 0.294. The van der Waals surface area contributed by atoms with Crippen LogP contribution >= 0.6 is 0 Å². The molecule has 132 valence electrons. The Bertz CT molecular complexity index is 700. The first-order chi connectivity index (χ1) is 11.9. The second-order valence-corrected chi connectivity index (χ2v) is 5.39. The smallest absolute Gasteiger partial charge is 0.331 e. The van der Waals surface area contributed by atoms with Crippen molar-refractivity contribution < 1.29 is 28.7 Å². The molecule has 1 aromatic rings. The first-order valence-corrected chi connectivity index (χ1v) is 7.54. The van der Waals surface area contributed by atoms with Gasteiger partial charge in [0.05, 0.1) is 13.7 Å². The Morgan fingerprint density at radius 3 is 2.36 bits per heavy atom. The third-order valence-electron chi connectivity index (χ3n) is 3.71. The second kappa shape index (κ2) is 8.09. The molecule has 1 aromatic carbocycles. The molecule has 1 aliphatic heterocycles. The van der Waals surface area contributed by atoms with Crippen molar-refractivity contribution >= 4 is 23.8 Å². The molecule has 8 nitrogen and oxygen atoms in total. The van der Waals surface area contributed by atoms with Gasteiger partial charge in [0.15, 0.2) is 0 Å². The third-order valence-corrected chi connectivity index (χ3v) is 3.71. The monoisotopic (exact) mass is 346 g/mol. The molecule has 2 N–H and O–H groups in total. The van der Waals surface area contributed by atoms with Gasteiger partial charge in [0.25, 0.3) is 5.91 Å². The van der Waals surface area contributed by atoms with Gasteiger partial charge in [-0.25, -0.2) is 9.59 Å². The van der Waals surface area contributed by atoms with Crippen molar-refractivity contribution in [3.05, 3.63) is 48.0 Å². The maximum Gasteiger partial charge on any atom is 0.331 e. The zero-order valence-corrected chi connectivity index (χ0v) is 13.6. The summed E-state index contributed by atoms with van der Waals surface area (Å²) >= 11 is 0. The van der Waals surface area contributed by atoms with Gasteiger partial charge in [0.1, 0.15) is 12.1 Å². The Kier molecular flexibility index (Phi) is 5.89. The number of rotatable bonds is 5. The first kappa shape index (κ1) is 18.2. The molecule has 0 spiro atoms. The highest BCUT2D eigenvalue weighted by Gasteiger charge is 2.40. The zero-order chi connectivity index (χ0) is 18.4. The molecule has 2 atom stereocenters. The van der Waals surface area contributed by atoms with Gasteiger partial charge < -0.3 is 20.1 Å². The van der Waals surface area contributed by atoms with Gasteiger partial charge in [0, 0.05) is 24.1 Å². The maximum atomic E-state index is 12.5. The summed E-state index contributed by atoms with van der Waals surface area (Å²) in [5.74, 6) is -2.51. The van der Waals surface area contributed by atoms with E-state index in [1.807, 2.05) is 0 Å². The number of nitrogens with two attached hydrogens (primary N) is 1. The number of hydrogen-bond acceptors (Lipinski definition) is 6. The molecular weight excluding hydrogens is 328 g/mol. The summed E-state index contributed by atoms with van der Waals surface area (Å²) in [6.07, 6.45) is 1.26. The molecule has 2 amide bonds. The van der Waals surface area contributed by atoms with Crippen LogP contribution in [0.15, 0.2) is 42.5 Å². The van der Waals surface area contributed by atoms with E-state index in [0.29, 0.717) is 5.56 Å². The van der Waals surface area contributed by atoms with Crippen LogP contribution in [0.2, 0.25) is 0 Å². The van der Waals surface area contributed by atoms with Crippen LogP contribution in [0.3, 0.4) is 0 Å². The lowest BCUT2D eigenvalue weighted by atomic mass is 10.1. The number of hydrogen-bond donors (Lipinski definition) is 1. The number of primary amides is 1. The number of benzene rings is 1. The van der Waals surface area contributed by atoms with Crippen LogP contribution in [0.4, 0.5) is 0 Å². The highest BCUT2D eigenvalue weighted by atomic mass is 16.5. The van der Waals surface area contributed by atoms with Gasteiger partial charge in [-0.3, -0.25) is 9.59 Å². The zero-order valence-electron chi connectivity index (χ0n) is 13.6. The molecule has 2 rings (SSSR count). The lowest BCUT2D eigenvalue weighted by molar-refractivity contribution is -0.143. The van der Waals surface area contributed by atoms with E-state index in [-0.39, 0.29) is 18.9 Å². The number of carbonyl (C=O) groups is 4. The van der Waals surface area contributed by atoms with Gasteiger partial charge in [-0.05, 0) is 12.1 Å².